The molecule has 0 saturated carbocycles. The monoisotopic (exact) mass is 292 g/mol. The average molecular weight is 292 g/mol. The summed E-state index contributed by atoms with van der Waals surface area (Å²) in [6, 6.07) is 4.93. The molecule has 0 heterocycles. The van der Waals surface area contributed by atoms with Crippen molar-refractivity contribution in [1.82, 2.24) is 0 Å². The predicted molar refractivity (Wildman–Crippen MR) is 67.8 cm³/mol. The third-order valence-corrected chi connectivity index (χ3v) is 2.53. The van der Waals surface area contributed by atoms with Gasteiger partial charge in [0, 0.05) is 0 Å². The van der Waals surface area contributed by atoms with Crippen molar-refractivity contribution in [2.75, 3.05) is 25.1 Å². The Balaban J connectivity index is 3.52. The molecule has 0 amide bonds. The van der Waals surface area contributed by atoms with Crippen LogP contribution in [0.15, 0.2) is 12.1 Å². The Hall–Kier alpha value is -3.20. The molecule has 1 aromatic rings. The van der Waals surface area contributed by atoms with Gasteiger partial charge in [0.2, 0.25) is 0 Å². The smallest absolute Gasteiger partial charge is 0.340 e. The van der Waals surface area contributed by atoms with Crippen LogP contribution in [0.5, 0.6) is 0 Å². The first-order valence-electron chi connectivity index (χ1n) is 5.51. The number of esters is 1. The molecule has 21 heavy (non-hydrogen) atoms. The molecule has 0 atom stereocenters. The average Bonchev–Trinajstić information content (AvgIpc) is 2.46. The number of carbonyl (C=O) groups is 1. The van der Waals surface area contributed by atoms with Gasteiger partial charge in [0.15, 0.2) is 0 Å². The highest BCUT2D eigenvalue weighted by Crippen LogP contribution is 2.31. The van der Waals surface area contributed by atoms with E-state index in [1.807, 2.05) is 0 Å². The van der Waals surface area contributed by atoms with Crippen LogP contribution in [0.25, 0.3) is 0 Å². The van der Waals surface area contributed by atoms with Gasteiger partial charge in [-0.2, -0.15) is 10.5 Å². The Morgan fingerprint density at radius 1 is 1.43 bits per heavy atom. The van der Waals surface area contributed by atoms with E-state index in [1.54, 1.807) is 12.1 Å². The van der Waals surface area contributed by atoms with Crippen LogP contribution in [0.3, 0.4) is 0 Å². The molecular formula is C12H9FN4O4. The molecule has 1 aromatic carbocycles. The van der Waals surface area contributed by atoms with Gasteiger partial charge in [-0.05, 0) is 6.07 Å². The van der Waals surface area contributed by atoms with Gasteiger partial charge in [-0.15, -0.1) is 0 Å². The lowest BCUT2D eigenvalue weighted by Crippen LogP contribution is -2.25. The number of methoxy groups -OCH3 is 1. The van der Waals surface area contributed by atoms with E-state index in [9.17, 15) is 19.3 Å². The Morgan fingerprint density at radius 3 is 2.43 bits per heavy atom. The predicted octanol–water partition coefficient (Wildman–Crippen LogP) is 1.37. The van der Waals surface area contributed by atoms with E-state index in [0.717, 1.165) is 18.1 Å². The number of nitro groups is 1. The molecule has 8 nitrogen and oxygen atoms in total. The molecule has 108 valence electrons. The highest BCUT2D eigenvalue weighted by molar-refractivity contribution is 5.92. The molecule has 0 aliphatic heterocycles. The lowest BCUT2D eigenvalue weighted by Gasteiger charge is -2.18. The summed E-state index contributed by atoms with van der Waals surface area (Å²) in [6.07, 6.45) is 0. The van der Waals surface area contributed by atoms with Gasteiger partial charge in [-0.1, -0.05) is 0 Å². The highest BCUT2D eigenvalue weighted by Gasteiger charge is 2.25. The number of nitro benzene ring substituents is 1. The SMILES string of the molecule is COC(=O)c1cc(N(CC#N)CC#N)c([N+](=O)[O-])cc1F. The number of hydrogen-bond acceptors (Lipinski definition) is 7. The zero-order valence-corrected chi connectivity index (χ0v) is 10.9. The second-order valence-corrected chi connectivity index (χ2v) is 3.74. The standard InChI is InChI=1S/C12H9FN4O4/c1-21-12(18)8-6-10(16(4-2-14)5-3-15)11(17(19)20)7-9(8)13/h6-7H,4-5H2,1H3. The fourth-order valence-electron chi connectivity index (χ4n) is 1.61. The zero-order valence-electron chi connectivity index (χ0n) is 10.9. The Kier molecular flexibility index (Phi) is 5.15. The van der Waals surface area contributed by atoms with Crippen LogP contribution in [0.4, 0.5) is 15.8 Å². The molecule has 1 rings (SSSR count). The van der Waals surface area contributed by atoms with Crippen LogP contribution in [0.1, 0.15) is 10.4 Å². The maximum Gasteiger partial charge on any atom is 0.340 e. The van der Waals surface area contributed by atoms with Crippen LogP contribution in [0, 0.1) is 38.6 Å². The van der Waals surface area contributed by atoms with Crippen molar-refractivity contribution < 1.29 is 18.8 Å². The summed E-state index contributed by atoms with van der Waals surface area (Å²) in [6.45, 7) is -0.665. The molecule has 0 spiro atoms. The maximum atomic E-state index is 13.7. The maximum absolute atomic E-state index is 13.7. The highest BCUT2D eigenvalue weighted by atomic mass is 19.1. The Labute approximate surface area is 118 Å². The van der Waals surface area contributed by atoms with Crippen molar-refractivity contribution >= 4 is 17.3 Å². The lowest BCUT2D eigenvalue weighted by atomic mass is 10.1. The first-order valence-corrected chi connectivity index (χ1v) is 5.51. The van der Waals surface area contributed by atoms with Crippen LogP contribution in [-0.2, 0) is 4.74 Å². The van der Waals surface area contributed by atoms with E-state index in [1.165, 1.54) is 0 Å². The summed E-state index contributed by atoms with van der Waals surface area (Å²) in [5.74, 6) is -2.14. The van der Waals surface area contributed by atoms with Crippen molar-refractivity contribution in [3.63, 3.8) is 0 Å². The van der Waals surface area contributed by atoms with Crippen molar-refractivity contribution in [3.8, 4) is 12.1 Å². The molecule has 0 unspecified atom stereocenters. The summed E-state index contributed by atoms with van der Waals surface area (Å²) in [7, 11) is 1.03. The zero-order chi connectivity index (χ0) is 16.0. The van der Waals surface area contributed by atoms with E-state index in [-0.39, 0.29) is 18.8 Å². The van der Waals surface area contributed by atoms with Gasteiger partial charge < -0.3 is 9.64 Å². The van der Waals surface area contributed by atoms with Crippen LogP contribution in [0.2, 0.25) is 0 Å². The second-order valence-electron chi connectivity index (χ2n) is 3.74. The third kappa shape index (κ3) is 3.42. The number of nitrogens with zero attached hydrogens (tertiary/aromatic N) is 4. The topological polar surface area (TPSA) is 120 Å². The number of ether oxygens (including phenoxy) is 1. The number of anilines is 1. The van der Waals surface area contributed by atoms with Crippen LogP contribution < -0.4 is 4.90 Å². The number of hydrogen-bond donors (Lipinski definition) is 0. The normalized spacial score (nSPS) is 9.33. The van der Waals surface area contributed by atoms with E-state index in [2.05, 4.69) is 4.74 Å². The van der Waals surface area contributed by atoms with Gasteiger partial charge in [-0.3, -0.25) is 10.1 Å². The van der Waals surface area contributed by atoms with Crippen molar-refractivity contribution in [2.24, 2.45) is 0 Å². The van der Waals surface area contributed by atoms with Gasteiger partial charge in [0.25, 0.3) is 5.69 Å². The minimum atomic E-state index is -1.12. The molecule has 0 saturated heterocycles. The van der Waals surface area contributed by atoms with E-state index in [4.69, 9.17) is 10.5 Å². The summed E-state index contributed by atoms with van der Waals surface area (Å²) >= 11 is 0. The van der Waals surface area contributed by atoms with Crippen molar-refractivity contribution in [1.29, 1.82) is 10.5 Å². The number of halogens is 1. The number of rotatable bonds is 5. The number of benzene rings is 1. The van der Waals surface area contributed by atoms with Gasteiger partial charge in [0.1, 0.15) is 24.6 Å². The van der Waals surface area contributed by atoms with E-state index >= 15 is 0 Å². The van der Waals surface area contributed by atoms with Gasteiger partial charge >= 0.3 is 5.97 Å². The molecule has 0 aliphatic rings. The van der Waals surface area contributed by atoms with Gasteiger partial charge in [0.05, 0.1) is 35.8 Å². The largest absolute Gasteiger partial charge is 0.465 e. The van der Waals surface area contributed by atoms with Crippen LogP contribution in [-0.4, -0.2) is 31.1 Å². The molecule has 9 heteroatoms. The fraction of sp³-hybridized carbons (Fsp3) is 0.250. The first kappa shape index (κ1) is 15.9. The molecule has 0 bridgehead atoms. The molecular weight excluding hydrogens is 283 g/mol. The first-order chi connectivity index (χ1) is 9.96. The van der Waals surface area contributed by atoms with Crippen LogP contribution >= 0.6 is 0 Å². The molecule has 0 radical (unpaired) electrons. The quantitative estimate of drug-likeness (QED) is 0.348. The summed E-state index contributed by atoms with van der Waals surface area (Å²) < 4.78 is 18.1. The Morgan fingerprint density at radius 2 is 2.00 bits per heavy atom. The summed E-state index contributed by atoms with van der Waals surface area (Å²) in [4.78, 5) is 22.6. The molecule has 0 aliphatic carbocycles. The van der Waals surface area contributed by atoms with E-state index < -0.39 is 28.0 Å². The second kappa shape index (κ2) is 6.82. The molecule has 0 N–H and O–H groups in total. The Bertz CT molecular complexity index is 646. The minimum Gasteiger partial charge on any atom is -0.465 e. The molecule has 0 fully saturated rings. The summed E-state index contributed by atoms with van der Waals surface area (Å²) in [5.41, 5.74) is -1.37. The fourth-order valence-corrected chi connectivity index (χ4v) is 1.61. The molecule has 0 aromatic heterocycles. The number of nitriles is 2. The lowest BCUT2D eigenvalue weighted by molar-refractivity contribution is -0.384. The summed E-state index contributed by atoms with van der Waals surface area (Å²) in [5, 5.41) is 28.4. The third-order valence-electron chi connectivity index (χ3n) is 2.53. The van der Waals surface area contributed by atoms with E-state index in [0.29, 0.717) is 6.07 Å². The van der Waals surface area contributed by atoms with Crippen molar-refractivity contribution in [3.05, 3.63) is 33.6 Å². The minimum absolute atomic E-state index is 0.204. The number of carbonyl (C=O) groups excluding carboxylic acids is 1. The van der Waals surface area contributed by atoms with Gasteiger partial charge in [-0.25, -0.2) is 9.18 Å². The van der Waals surface area contributed by atoms with Crippen molar-refractivity contribution in [2.45, 2.75) is 0 Å².